The van der Waals surface area contributed by atoms with Crippen LogP contribution in [-0.2, 0) is 32.7 Å². The lowest BCUT2D eigenvalue weighted by Crippen LogP contribution is -2.29. The second-order valence-corrected chi connectivity index (χ2v) is 28.7. The first-order chi connectivity index (χ1) is 46.8. The van der Waals surface area contributed by atoms with E-state index >= 15 is 0 Å². The van der Waals surface area contributed by atoms with Gasteiger partial charge in [-0.05, 0) is 96.3 Å². The number of unbranched alkanes of at least 4 members (excludes halogenated alkanes) is 48. The maximum absolute atomic E-state index is 12.8. The van der Waals surface area contributed by atoms with Crippen LogP contribution in [0.25, 0.3) is 0 Å². The third-order valence-corrected chi connectivity index (χ3v) is 18.9. The van der Waals surface area contributed by atoms with Gasteiger partial charge >= 0.3 is 19.8 Å². The summed E-state index contributed by atoms with van der Waals surface area (Å²) in [6.45, 7) is 3.68. The van der Waals surface area contributed by atoms with Crippen molar-refractivity contribution in [2.75, 3.05) is 26.4 Å². The molecule has 0 spiro atoms. The summed E-state index contributed by atoms with van der Waals surface area (Å²) in [5.41, 5.74) is 5.42. The molecule has 0 rings (SSSR count). The first kappa shape index (κ1) is 91.9. The summed E-state index contributed by atoms with van der Waals surface area (Å²) in [5, 5.41) is 0. The molecule has 95 heavy (non-hydrogen) atoms. The Morgan fingerprint density at radius 2 is 0.579 bits per heavy atom. The molecule has 0 saturated heterocycles. The number of allylic oxidation sites excluding steroid dienone is 16. The van der Waals surface area contributed by atoms with E-state index in [1.54, 1.807) is 0 Å². The Labute approximate surface area is 588 Å². The predicted molar refractivity (Wildman–Crippen MR) is 413 cm³/mol. The molecule has 3 N–H and O–H groups in total. The van der Waals surface area contributed by atoms with Crippen LogP contribution in [-0.4, -0.2) is 49.3 Å². The number of hydrogen-bond donors (Lipinski definition) is 2. The molecule has 10 heteroatoms. The van der Waals surface area contributed by atoms with Gasteiger partial charge in [-0.15, -0.1) is 0 Å². The smallest absolute Gasteiger partial charge is 0.462 e. The van der Waals surface area contributed by atoms with Gasteiger partial charge in [0, 0.05) is 19.4 Å². The van der Waals surface area contributed by atoms with Crippen LogP contribution in [0.4, 0.5) is 0 Å². The third-order valence-electron chi connectivity index (χ3n) is 18.0. The van der Waals surface area contributed by atoms with Crippen molar-refractivity contribution >= 4 is 19.8 Å². The van der Waals surface area contributed by atoms with Gasteiger partial charge in [0.2, 0.25) is 0 Å². The van der Waals surface area contributed by atoms with Crippen molar-refractivity contribution < 1.29 is 37.6 Å². The van der Waals surface area contributed by atoms with Crippen LogP contribution in [0, 0.1) is 0 Å². The molecule has 0 aliphatic rings. The molecule has 0 heterocycles. The first-order valence-corrected chi connectivity index (χ1v) is 42.2. The van der Waals surface area contributed by atoms with Crippen LogP contribution >= 0.6 is 7.82 Å². The van der Waals surface area contributed by atoms with Crippen molar-refractivity contribution in [1.82, 2.24) is 0 Å². The van der Waals surface area contributed by atoms with E-state index in [0.717, 1.165) is 77.0 Å². The minimum Gasteiger partial charge on any atom is -0.462 e. The zero-order valence-corrected chi connectivity index (χ0v) is 63.3. The Kier molecular flexibility index (Phi) is 77.3. The second-order valence-electron chi connectivity index (χ2n) is 27.3. The number of ether oxygens (including phenoxy) is 2. The Balaban J connectivity index is 3.77. The van der Waals surface area contributed by atoms with Gasteiger partial charge < -0.3 is 20.1 Å². The predicted octanol–water partition coefficient (Wildman–Crippen LogP) is 27.4. The Hall–Kier alpha value is -3.07. The highest BCUT2D eigenvalue weighted by Gasteiger charge is 2.26. The summed E-state index contributed by atoms with van der Waals surface area (Å²) in [4.78, 5) is 35.5. The monoisotopic (exact) mass is 1350 g/mol. The minimum atomic E-state index is -4.40. The lowest BCUT2D eigenvalue weighted by Gasteiger charge is -2.19. The summed E-state index contributed by atoms with van der Waals surface area (Å²) in [6, 6.07) is 0. The van der Waals surface area contributed by atoms with Crippen molar-refractivity contribution in [3.05, 3.63) is 97.2 Å². The molecule has 2 unspecified atom stereocenters. The van der Waals surface area contributed by atoms with Gasteiger partial charge in [0.15, 0.2) is 6.10 Å². The van der Waals surface area contributed by atoms with E-state index in [2.05, 4.69) is 111 Å². The fourth-order valence-corrected chi connectivity index (χ4v) is 12.7. The standard InChI is InChI=1S/C85H154NO8P/c1-3-5-7-9-11-13-15-17-19-21-23-25-27-29-31-33-35-37-39-41-43-45-47-49-51-53-55-57-59-61-63-65-67-69-71-73-75-77-84(87)91-81-83(82-93-95(89,90)92-80-79-86)94-85(88)78-76-74-72-70-68-66-64-62-60-58-56-54-52-50-48-46-44-42-40-38-36-34-32-30-28-26-24-22-20-18-16-14-12-10-8-6-4-2/h6,8,12,14-15,17-18,20-21,23-24,26-27,29-30,32,83H,3-5,7,9-11,13,16,19,22,25,28,31,33-82,86H2,1-2H3,(H,89,90)/b8-6-,14-12-,17-15-,20-18-,23-21-,26-24-,29-27-,32-30-. The number of carbonyl (C=O) groups excluding carboxylic acids is 2. The molecular formula is C85H154NO8P. The lowest BCUT2D eigenvalue weighted by molar-refractivity contribution is -0.161. The highest BCUT2D eigenvalue weighted by molar-refractivity contribution is 7.47. The van der Waals surface area contributed by atoms with Crippen LogP contribution in [0.5, 0.6) is 0 Å². The average Bonchev–Trinajstić information content (AvgIpc) is 2.64. The molecule has 552 valence electrons. The fourth-order valence-electron chi connectivity index (χ4n) is 12.0. The molecule has 0 bridgehead atoms. The van der Waals surface area contributed by atoms with Gasteiger partial charge in [0.25, 0.3) is 0 Å². The van der Waals surface area contributed by atoms with Gasteiger partial charge in [-0.1, -0.05) is 387 Å². The summed E-state index contributed by atoms with van der Waals surface area (Å²) in [7, 11) is -4.40. The maximum Gasteiger partial charge on any atom is 0.472 e. The lowest BCUT2D eigenvalue weighted by atomic mass is 10.0. The van der Waals surface area contributed by atoms with Crippen molar-refractivity contribution in [1.29, 1.82) is 0 Å². The second kappa shape index (κ2) is 79.9. The zero-order valence-electron chi connectivity index (χ0n) is 62.4. The van der Waals surface area contributed by atoms with E-state index in [0.29, 0.717) is 6.42 Å². The Morgan fingerprint density at radius 3 is 0.863 bits per heavy atom. The summed E-state index contributed by atoms with van der Waals surface area (Å²) in [6.07, 6.45) is 110. The Morgan fingerprint density at radius 1 is 0.326 bits per heavy atom. The summed E-state index contributed by atoms with van der Waals surface area (Å²) >= 11 is 0. The Bertz CT molecular complexity index is 1890. The topological polar surface area (TPSA) is 134 Å². The molecule has 0 amide bonds. The van der Waals surface area contributed by atoms with E-state index in [1.807, 2.05) is 0 Å². The van der Waals surface area contributed by atoms with Crippen molar-refractivity contribution in [2.45, 2.75) is 405 Å². The molecule has 9 nitrogen and oxygen atoms in total. The molecule has 0 aliphatic carbocycles. The number of hydrogen-bond acceptors (Lipinski definition) is 8. The van der Waals surface area contributed by atoms with Crippen LogP contribution < -0.4 is 5.73 Å². The number of phosphoric acid groups is 1. The van der Waals surface area contributed by atoms with Gasteiger partial charge in [0.1, 0.15) is 6.61 Å². The normalized spacial score (nSPS) is 13.3. The van der Waals surface area contributed by atoms with E-state index < -0.39 is 26.5 Å². The van der Waals surface area contributed by atoms with E-state index in [9.17, 15) is 19.0 Å². The molecular weight excluding hydrogens is 1190 g/mol. The first-order valence-electron chi connectivity index (χ1n) is 40.7. The van der Waals surface area contributed by atoms with Gasteiger partial charge in [-0.2, -0.15) is 0 Å². The highest BCUT2D eigenvalue weighted by atomic mass is 31.2. The van der Waals surface area contributed by atoms with Crippen LogP contribution in [0.1, 0.15) is 399 Å². The molecule has 0 aromatic carbocycles. The van der Waals surface area contributed by atoms with Crippen molar-refractivity contribution in [2.24, 2.45) is 5.73 Å². The van der Waals surface area contributed by atoms with Crippen LogP contribution in [0.3, 0.4) is 0 Å². The number of phosphoric ester groups is 1. The number of carbonyl (C=O) groups is 2. The summed E-state index contributed by atoms with van der Waals surface area (Å²) in [5.74, 6) is -0.808. The van der Waals surface area contributed by atoms with Crippen LogP contribution in [0.15, 0.2) is 97.2 Å². The van der Waals surface area contributed by atoms with E-state index in [1.165, 1.54) is 289 Å². The largest absolute Gasteiger partial charge is 0.472 e. The van der Waals surface area contributed by atoms with Crippen molar-refractivity contribution in [3.63, 3.8) is 0 Å². The SMILES string of the molecule is CC/C=C\C/C=C\C/C=C\C/C=C\C/C=C\CCCCCCCCCCCCCCCCCCCCCCCC(=O)OC(COC(=O)CCCCCCCCCCCCCCCCCCCCCCCC/C=C\C/C=C\C/C=C\CCCCCCC)COP(=O)(O)OCCN. The molecule has 0 radical (unpaired) electrons. The molecule has 0 fully saturated rings. The average molecular weight is 1350 g/mol. The van der Waals surface area contributed by atoms with Gasteiger partial charge in [0.05, 0.1) is 13.2 Å². The molecule has 0 saturated carbocycles. The highest BCUT2D eigenvalue weighted by Crippen LogP contribution is 2.43. The summed E-state index contributed by atoms with van der Waals surface area (Å²) < 4.78 is 33.3. The van der Waals surface area contributed by atoms with Crippen LogP contribution in [0.2, 0.25) is 0 Å². The minimum absolute atomic E-state index is 0.0537. The number of rotatable bonds is 77. The van der Waals surface area contributed by atoms with Gasteiger partial charge in [-0.3, -0.25) is 18.6 Å². The third kappa shape index (κ3) is 79.8. The quantitative estimate of drug-likeness (QED) is 0.0264. The number of esters is 2. The molecule has 0 aromatic rings. The fraction of sp³-hybridized carbons (Fsp3) is 0.788. The molecule has 2 atom stereocenters. The maximum atomic E-state index is 12.8. The van der Waals surface area contributed by atoms with Gasteiger partial charge in [-0.25, -0.2) is 4.57 Å². The van der Waals surface area contributed by atoms with E-state index in [4.69, 9.17) is 24.3 Å². The molecule has 0 aliphatic heterocycles. The zero-order chi connectivity index (χ0) is 68.6. The van der Waals surface area contributed by atoms with Crippen molar-refractivity contribution in [3.8, 4) is 0 Å². The molecule has 0 aromatic heterocycles. The van der Waals surface area contributed by atoms with E-state index in [-0.39, 0.29) is 38.6 Å². The number of nitrogens with two attached hydrogens (primary N) is 1.